The van der Waals surface area contributed by atoms with Crippen LogP contribution in [-0.4, -0.2) is 6.54 Å². The molecule has 2 rings (SSSR count). The van der Waals surface area contributed by atoms with Crippen molar-refractivity contribution < 1.29 is 4.39 Å². The van der Waals surface area contributed by atoms with Gasteiger partial charge in [-0.3, -0.25) is 0 Å². The molecule has 0 heterocycles. The predicted molar refractivity (Wildman–Crippen MR) is 69.4 cm³/mol. The summed E-state index contributed by atoms with van der Waals surface area (Å²) in [5.41, 5.74) is 7.60. The van der Waals surface area contributed by atoms with Crippen molar-refractivity contribution in [3.63, 3.8) is 0 Å². The zero-order chi connectivity index (χ0) is 12.1. The Kier molecular flexibility index (Phi) is 3.60. The highest BCUT2D eigenvalue weighted by Gasteiger charge is 1.99. The maximum atomic E-state index is 13.2. The summed E-state index contributed by atoms with van der Waals surface area (Å²) in [5, 5.41) is 3.17. The van der Waals surface area contributed by atoms with E-state index in [0.29, 0.717) is 0 Å². The van der Waals surface area contributed by atoms with Crippen molar-refractivity contribution >= 4 is 11.4 Å². The molecule has 0 aliphatic heterocycles. The van der Waals surface area contributed by atoms with Gasteiger partial charge in [-0.05, 0) is 30.2 Å². The highest BCUT2D eigenvalue weighted by Crippen LogP contribution is 2.15. The summed E-state index contributed by atoms with van der Waals surface area (Å²) in [6.07, 6.45) is 0.910. The van der Waals surface area contributed by atoms with Gasteiger partial charge in [0.15, 0.2) is 0 Å². The standard InChI is InChI=1S/C14H15FN2/c15-13-10-12(6-7-14(13)16)17-9-8-11-4-2-1-3-5-11/h1-7,10,17H,8-9,16H2. The number of hydrogen-bond donors (Lipinski definition) is 2. The number of nitrogens with one attached hydrogen (secondary N) is 1. The van der Waals surface area contributed by atoms with E-state index in [-0.39, 0.29) is 11.5 Å². The zero-order valence-electron chi connectivity index (χ0n) is 9.49. The third-order valence-electron chi connectivity index (χ3n) is 2.59. The normalized spacial score (nSPS) is 10.2. The van der Waals surface area contributed by atoms with Crippen molar-refractivity contribution in [2.45, 2.75) is 6.42 Å². The monoisotopic (exact) mass is 230 g/mol. The summed E-state index contributed by atoms with van der Waals surface area (Å²) in [5.74, 6) is -0.380. The van der Waals surface area contributed by atoms with Gasteiger partial charge in [-0.25, -0.2) is 4.39 Å². The van der Waals surface area contributed by atoms with Gasteiger partial charge in [-0.15, -0.1) is 0 Å². The fraction of sp³-hybridized carbons (Fsp3) is 0.143. The quantitative estimate of drug-likeness (QED) is 0.792. The Hall–Kier alpha value is -2.03. The molecule has 2 aromatic carbocycles. The van der Waals surface area contributed by atoms with Crippen LogP contribution < -0.4 is 11.1 Å². The largest absolute Gasteiger partial charge is 0.396 e. The highest BCUT2D eigenvalue weighted by atomic mass is 19.1. The lowest BCUT2D eigenvalue weighted by molar-refractivity contribution is 0.633. The zero-order valence-corrected chi connectivity index (χ0v) is 9.49. The third-order valence-corrected chi connectivity index (χ3v) is 2.59. The second kappa shape index (κ2) is 5.34. The molecule has 2 aromatic rings. The molecule has 0 aliphatic carbocycles. The first-order valence-electron chi connectivity index (χ1n) is 5.58. The fourth-order valence-electron chi connectivity index (χ4n) is 1.63. The lowest BCUT2D eigenvalue weighted by Crippen LogP contribution is -2.05. The number of nitrogen functional groups attached to an aromatic ring is 1. The van der Waals surface area contributed by atoms with E-state index < -0.39 is 0 Å². The van der Waals surface area contributed by atoms with E-state index in [0.717, 1.165) is 18.7 Å². The Bertz CT molecular complexity index is 483. The average molecular weight is 230 g/mol. The first-order chi connectivity index (χ1) is 8.25. The van der Waals surface area contributed by atoms with Gasteiger partial charge in [-0.2, -0.15) is 0 Å². The maximum Gasteiger partial charge on any atom is 0.148 e. The molecule has 2 nitrogen and oxygen atoms in total. The number of benzene rings is 2. The third kappa shape index (κ3) is 3.21. The van der Waals surface area contributed by atoms with Gasteiger partial charge in [0, 0.05) is 12.2 Å². The van der Waals surface area contributed by atoms with E-state index in [1.807, 2.05) is 18.2 Å². The summed E-state index contributed by atoms with van der Waals surface area (Å²) >= 11 is 0. The summed E-state index contributed by atoms with van der Waals surface area (Å²) in [6, 6.07) is 14.9. The Balaban J connectivity index is 1.88. The van der Waals surface area contributed by atoms with Crippen molar-refractivity contribution in [3.8, 4) is 0 Å². The minimum Gasteiger partial charge on any atom is -0.396 e. The molecule has 0 spiro atoms. The number of nitrogens with two attached hydrogens (primary N) is 1. The summed E-state index contributed by atoms with van der Waals surface area (Å²) < 4.78 is 13.2. The van der Waals surface area contributed by atoms with Gasteiger partial charge >= 0.3 is 0 Å². The second-order valence-corrected chi connectivity index (χ2v) is 3.90. The van der Waals surface area contributed by atoms with Crippen LogP contribution in [0, 0.1) is 5.82 Å². The molecule has 3 N–H and O–H groups in total. The van der Waals surface area contributed by atoms with Gasteiger partial charge in [0.1, 0.15) is 5.82 Å². The van der Waals surface area contributed by atoms with E-state index in [1.54, 1.807) is 12.1 Å². The molecule has 17 heavy (non-hydrogen) atoms. The molecule has 0 unspecified atom stereocenters. The Morgan fingerprint density at radius 1 is 1.06 bits per heavy atom. The number of halogens is 1. The van der Waals surface area contributed by atoms with E-state index >= 15 is 0 Å². The van der Waals surface area contributed by atoms with Gasteiger partial charge in [0.25, 0.3) is 0 Å². The van der Waals surface area contributed by atoms with Gasteiger partial charge in [0.05, 0.1) is 5.69 Å². The SMILES string of the molecule is Nc1ccc(NCCc2ccccc2)cc1F. The molecular weight excluding hydrogens is 215 g/mol. The molecule has 0 saturated carbocycles. The van der Waals surface area contributed by atoms with Crippen LogP contribution >= 0.6 is 0 Å². The molecule has 88 valence electrons. The molecule has 0 aromatic heterocycles. The predicted octanol–water partition coefficient (Wildman–Crippen LogP) is 3.06. The van der Waals surface area contributed by atoms with Crippen molar-refractivity contribution in [2.24, 2.45) is 0 Å². The first-order valence-corrected chi connectivity index (χ1v) is 5.58. The van der Waals surface area contributed by atoms with E-state index in [1.165, 1.54) is 11.6 Å². The lowest BCUT2D eigenvalue weighted by atomic mass is 10.1. The van der Waals surface area contributed by atoms with E-state index in [9.17, 15) is 4.39 Å². The fourth-order valence-corrected chi connectivity index (χ4v) is 1.63. The van der Waals surface area contributed by atoms with Crippen LogP contribution in [0.1, 0.15) is 5.56 Å². The molecular formula is C14H15FN2. The molecule has 0 radical (unpaired) electrons. The van der Waals surface area contributed by atoms with E-state index in [4.69, 9.17) is 5.73 Å². The number of anilines is 2. The smallest absolute Gasteiger partial charge is 0.148 e. The number of hydrogen-bond acceptors (Lipinski definition) is 2. The van der Waals surface area contributed by atoms with Crippen molar-refractivity contribution in [2.75, 3.05) is 17.6 Å². The summed E-state index contributed by atoms with van der Waals surface area (Å²) in [6.45, 7) is 0.771. The van der Waals surface area contributed by atoms with Crippen LogP contribution in [0.4, 0.5) is 15.8 Å². The molecule has 0 bridgehead atoms. The van der Waals surface area contributed by atoms with Crippen molar-refractivity contribution in [1.82, 2.24) is 0 Å². The van der Waals surface area contributed by atoms with Gasteiger partial charge in [0.2, 0.25) is 0 Å². The van der Waals surface area contributed by atoms with Crippen LogP contribution in [0.2, 0.25) is 0 Å². The minimum absolute atomic E-state index is 0.179. The van der Waals surface area contributed by atoms with Gasteiger partial charge in [-0.1, -0.05) is 30.3 Å². The van der Waals surface area contributed by atoms with Crippen LogP contribution in [0.15, 0.2) is 48.5 Å². The van der Waals surface area contributed by atoms with Crippen LogP contribution in [0.3, 0.4) is 0 Å². The minimum atomic E-state index is -0.380. The van der Waals surface area contributed by atoms with Gasteiger partial charge < -0.3 is 11.1 Å². The lowest BCUT2D eigenvalue weighted by Gasteiger charge is -2.07. The van der Waals surface area contributed by atoms with Crippen LogP contribution in [0.5, 0.6) is 0 Å². The Labute approximate surface area is 100 Å². The van der Waals surface area contributed by atoms with Crippen LogP contribution in [-0.2, 0) is 6.42 Å². The molecule has 0 fully saturated rings. The van der Waals surface area contributed by atoms with Crippen molar-refractivity contribution in [3.05, 3.63) is 59.9 Å². The van der Waals surface area contributed by atoms with Crippen LogP contribution in [0.25, 0.3) is 0 Å². The highest BCUT2D eigenvalue weighted by molar-refractivity contribution is 5.52. The Morgan fingerprint density at radius 3 is 2.53 bits per heavy atom. The Morgan fingerprint density at radius 2 is 1.82 bits per heavy atom. The molecule has 0 atom stereocenters. The summed E-state index contributed by atoms with van der Waals surface area (Å²) in [4.78, 5) is 0. The topological polar surface area (TPSA) is 38.0 Å². The molecule has 0 amide bonds. The maximum absolute atomic E-state index is 13.2. The molecule has 0 saturated heterocycles. The van der Waals surface area contributed by atoms with E-state index in [2.05, 4.69) is 17.4 Å². The second-order valence-electron chi connectivity index (χ2n) is 3.90. The summed E-state index contributed by atoms with van der Waals surface area (Å²) in [7, 11) is 0. The average Bonchev–Trinajstić information content (AvgIpc) is 2.35. The first kappa shape index (κ1) is 11.5. The molecule has 3 heteroatoms. The van der Waals surface area contributed by atoms with Crippen molar-refractivity contribution in [1.29, 1.82) is 0 Å². The molecule has 0 aliphatic rings. The number of rotatable bonds is 4.